The quantitative estimate of drug-likeness (QED) is 0.536. The van der Waals surface area contributed by atoms with E-state index >= 15 is 0 Å². The van der Waals surface area contributed by atoms with Crippen molar-refractivity contribution in [3.8, 4) is 47.4 Å². The lowest BCUT2D eigenvalue weighted by Crippen LogP contribution is -2.12. The molecule has 1 unspecified atom stereocenters. The Bertz CT molecular complexity index is 1050. The maximum absolute atomic E-state index is 3.30. The summed E-state index contributed by atoms with van der Waals surface area (Å²) >= 11 is 0. The zero-order valence-corrected chi connectivity index (χ0v) is 18.0. The van der Waals surface area contributed by atoms with E-state index in [-0.39, 0.29) is 0 Å². The second-order valence-electron chi connectivity index (χ2n) is 7.95. The molecule has 1 aliphatic rings. The molecule has 30 heavy (non-hydrogen) atoms. The number of rotatable bonds is 4. The molecule has 0 amide bonds. The molecule has 1 fully saturated rings. The van der Waals surface area contributed by atoms with Gasteiger partial charge in [0.15, 0.2) is 0 Å². The van der Waals surface area contributed by atoms with Gasteiger partial charge in [0.2, 0.25) is 0 Å². The second kappa shape index (κ2) is 11.6. The van der Waals surface area contributed by atoms with Crippen LogP contribution in [0, 0.1) is 53.3 Å². The van der Waals surface area contributed by atoms with Crippen molar-refractivity contribution in [1.29, 1.82) is 0 Å². The predicted molar refractivity (Wildman–Crippen MR) is 126 cm³/mol. The molecule has 1 atom stereocenters. The zero-order chi connectivity index (χ0) is 21.0. The normalized spacial score (nSPS) is 18.1. The van der Waals surface area contributed by atoms with Gasteiger partial charge in [-0.25, -0.2) is 0 Å². The largest absolute Gasteiger partial charge is 0.0925 e. The Morgan fingerprint density at radius 3 is 2.07 bits per heavy atom. The smallest absolute Gasteiger partial charge is 0.0213 e. The molecule has 0 saturated heterocycles. The minimum absolute atomic E-state index is 0.463. The van der Waals surface area contributed by atoms with Crippen LogP contribution in [0.15, 0.2) is 54.6 Å². The highest BCUT2D eigenvalue weighted by atomic mass is 14.2. The molecule has 2 aromatic carbocycles. The molecule has 148 valence electrons. The minimum atomic E-state index is 0.463. The van der Waals surface area contributed by atoms with Gasteiger partial charge in [0.1, 0.15) is 0 Å². The topological polar surface area (TPSA) is 0 Å². The zero-order valence-electron chi connectivity index (χ0n) is 18.0. The van der Waals surface area contributed by atoms with Gasteiger partial charge >= 0.3 is 0 Å². The van der Waals surface area contributed by atoms with Crippen molar-refractivity contribution < 1.29 is 0 Å². The van der Waals surface area contributed by atoms with Crippen LogP contribution in [0.2, 0.25) is 0 Å². The molecule has 1 saturated carbocycles. The fraction of sp³-hybridized carbons (Fsp3) is 0.333. The van der Waals surface area contributed by atoms with Gasteiger partial charge in [0.25, 0.3) is 0 Å². The van der Waals surface area contributed by atoms with E-state index in [1.807, 2.05) is 0 Å². The van der Waals surface area contributed by atoms with E-state index < -0.39 is 0 Å². The molecule has 0 heterocycles. The van der Waals surface area contributed by atoms with Crippen LogP contribution >= 0.6 is 0 Å². The summed E-state index contributed by atoms with van der Waals surface area (Å²) in [5.74, 6) is 24.2. The first-order valence-electron chi connectivity index (χ1n) is 10.8. The van der Waals surface area contributed by atoms with E-state index in [0.29, 0.717) is 17.8 Å². The van der Waals surface area contributed by atoms with Crippen LogP contribution in [0.25, 0.3) is 0 Å². The Hall–Kier alpha value is -3.32. The third-order valence-electron chi connectivity index (χ3n) is 5.80. The van der Waals surface area contributed by atoms with E-state index in [1.165, 1.54) is 29.5 Å². The average molecular weight is 389 g/mol. The maximum Gasteiger partial charge on any atom is 0.0213 e. The molecule has 0 heteroatoms. The molecule has 3 rings (SSSR count). The van der Waals surface area contributed by atoms with Gasteiger partial charge in [-0.3, -0.25) is 0 Å². The summed E-state index contributed by atoms with van der Waals surface area (Å²) in [6.07, 6.45) is 5.80. The maximum atomic E-state index is 3.30. The highest BCUT2D eigenvalue weighted by Crippen LogP contribution is 2.35. The molecule has 0 aromatic heterocycles. The Kier molecular flexibility index (Phi) is 8.29. The average Bonchev–Trinajstić information content (AvgIpc) is 2.80. The summed E-state index contributed by atoms with van der Waals surface area (Å²) in [6.45, 7) is 4.07. The van der Waals surface area contributed by atoms with Crippen molar-refractivity contribution >= 4 is 0 Å². The molecule has 0 nitrogen and oxygen atoms in total. The van der Waals surface area contributed by atoms with Crippen molar-refractivity contribution in [3.63, 3.8) is 0 Å². The Morgan fingerprint density at radius 2 is 1.40 bits per heavy atom. The molecular formula is C30H28. The summed E-state index contributed by atoms with van der Waals surface area (Å²) in [5.41, 5.74) is 4.30. The lowest BCUT2D eigenvalue weighted by molar-refractivity contribution is 0.384. The van der Waals surface area contributed by atoms with Crippen LogP contribution in [0.5, 0.6) is 0 Å². The van der Waals surface area contributed by atoms with Crippen LogP contribution in [0.1, 0.15) is 68.1 Å². The molecule has 0 bridgehead atoms. The highest BCUT2D eigenvalue weighted by Gasteiger charge is 2.21. The van der Waals surface area contributed by atoms with Crippen LogP contribution in [0.4, 0.5) is 0 Å². The fourth-order valence-electron chi connectivity index (χ4n) is 4.08. The van der Waals surface area contributed by atoms with Crippen molar-refractivity contribution in [2.45, 2.75) is 57.8 Å². The van der Waals surface area contributed by atoms with Gasteiger partial charge in [-0.2, -0.15) is 0 Å². The molecule has 2 aromatic rings. The van der Waals surface area contributed by atoms with Crippen molar-refractivity contribution in [2.75, 3.05) is 0 Å². The summed E-state index contributed by atoms with van der Waals surface area (Å²) in [5, 5.41) is 0. The molecule has 0 radical (unpaired) electrons. The van der Waals surface area contributed by atoms with Gasteiger partial charge in [0, 0.05) is 5.92 Å². The lowest BCUT2D eigenvalue weighted by Gasteiger charge is -2.26. The van der Waals surface area contributed by atoms with Crippen LogP contribution < -0.4 is 0 Å². The summed E-state index contributed by atoms with van der Waals surface area (Å²) < 4.78 is 0. The highest BCUT2D eigenvalue weighted by molar-refractivity contribution is 5.40. The van der Waals surface area contributed by atoms with Crippen molar-refractivity contribution in [2.24, 2.45) is 5.92 Å². The van der Waals surface area contributed by atoms with Crippen LogP contribution in [-0.2, 0) is 6.42 Å². The summed E-state index contributed by atoms with van der Waals surface area (Å²) in [4.78, 5) is 0. The molecular weight excluding hydrogens is 360 g/mol. The summed E-state index contributed by atoms with van der Waals surface area (Å²) in [7, 11) is 0. The van der Waals surface area contributed by atoms with E-state index in [4.69, 9.17) is 0 Å². The van der Waals surface area contributed by atoms with E-state index in [9.17, 15) is 0 Å². The molecule has 0 aliphatic heterocycles. The van der Waals surface area contributed by atoms with Crippen LogP contribution in [-0.4, -0.2) is 0 Å². The van der Waals surface area contributed by atoms with Crippen LogP contribution in [0.3, 0.4) is 0 Å². The summed E-state index contributed by atoms with van der Waals surface area (Å²) in [6, 6.07) is 20.1. The van der Waals surface area contributed by atoms with E-state index in [0.717, 1.165) is 19.3 Å². The third-order valence-corrected chi connectivity index (χ3v) is 5.80. The lowest BCUT2D eigenvalue weighted by atomic mass is 9.78. The standard InChI is InChI=1S/C30H28/c1-3-4-5-6-7-8-10-13-26-16-20-29(21-17-26)30-22-18-27(19-23-30)24-25(2)28-14-11-9-12-15-28/h9,11-12,14-15,18-19,22-23,25-26,29H,16-17,20-21,24H2,1-2H3. The van der Waals surface area contributed by atoms with Gasteiger partial charge in [-0.15, -0.1) is 0 Å². The molecule has 1 aliphatic carbocycles. The van der Waals surface area contributed by atoms with Crippen molar-refractivity contribution in [3.05, 3.63) is 71.3 Å². The van der Waals surface area contributed by atoms with E-state index in [2.05, 4.69) is 109 Å². The first-order chi connectivity index (χ1) is 14.8. The monoisotopic (exact) mass is 388 g/mol. The second-order valence-corrected chi connectivity index (χ2v) is 7.95. The number of benzene rings is 2. The predicted octanol–water partition coefficient (Wildman–Crippen LogP) is 6.34. The first kappa shape index (κ1) is 21.4. The Labute approximate surface area is 182 Å². The van der Waals surface area contributed by atoms with Gasteiger partial charge in [-0.1, -0.05) is 73.4 Å². The fourth-order valence-corrected chi connectivity index (χ4v) is 4.08. The number of hydrogen-bond donors (Lipinski definition) is 0. The van der Waals surface area contributed by atoms with Gasteiger partial charge in [0.05, 0.1) is 0 Å². The first-order valence-corrected chi connectivity index (χ1v) is 10.8. The molecule has 0 spiro atoms. The van der Waals surface area contributed by atoms with Gasteiger partial charge in [-0.05, 0) is 103 Å². The molecule has 0 N–H and O–H groups in total. The SMILES string of the molecule is CC#CC#CC#CC#CC1CCC(c2ccc(CC(C)c3ccccc3)cc2)CC1. The Morgan fingerprint density at radius 1 is 0.767 bits per heavy atom. The number of hydrogen-bond acceptors (Lipinski definition) is 0. The van der Waals surface area contributed by atoms with E-state index in [1.54, 1.807) is 6.92 Å². The Balaban J connectivity index is 1.49. The van der Waals surface area contributed by atoms with Crippen molar-refractivity contribution in [1.82, 2.24) is 0 Å². The minimum Gasteiger partial charge on any atom is -0.0925 e. The third kappa shape index (κ3) is 6.63. The van der Waals surface area contributed by atoms with Gasteiger partial charge < -0.3 is 0 Å².